The predicted molar refractivity (Wildman–Crippen MR) is 74.4 cm³/mol. The molecule has 0 spiro atoms. The van der Waals surface area contributed by atoms with Crippen molar-refractivity contribution in [2.75, 3.05) is 6.61 Å². The number of carboxylic acids is 1. The molecule has 2 unspecified atom stereocenters. The third kappa shape index (κ3) is 3.95. The van der Waals surface area contributed by atoms with Crippen LogP contribution in [0, 0.1) is 17.8 Å². The van der Waals surface area contributed by atoms with Gasteiger partial charge in [0.2, 0.25) is 5.91 Å². The first-order valence-electron chi connectivity index (χ1n) is 7.73. The van der Waals surface area contributed by atoms with Gasteiger partial charge >= 0.3 is 11.9 Å². The van der Waals surface area contributed by atoms with Gasteiger partial charge in [0.15, 0.2) is 0 Å². The van der Waals surface area contributed by atoms with Gasteiger partial charge in [0.25, 0.3) is 0 Å². The van der Waals surface area contributed by atoms with E-state index in [-0.39, 0.29) is 31.3 Å². The number of hydrogen-bond donors (Lipinski definition) is 2. The minimum Gasteiger partial charge on any atom is -0.480 e. The molecule has 2 aliphatic rings. The zero-order valence-corrected chi connectivity index (χ0v) is 12.3. The van der Waals surface area contributed by atoms with Crippen molar-refractivity contribution in [1.82, 2.24) is 5.32 Å². The van der Waals surface area contributed by atoms with Crippen molar-refractivity contribution in [3.63, 3.8) is 0 Å². The summed E-state index contributed by atoms with van der Waals surface area (Å²) in [4.78, 5) is 34.6. The molecule has 1 amide bonds. The third-order valence-electron chi connectivity index (χ3n) is 4.52. The van der Waals surface area contributed by atoms with Crippen LogP contribution in [0.25, 0.3) is 0 Å². The number of amides is 1. The van der Waals surface area contributed by atoms with Gasteiger partial charge in [-0.05, 0) is 38.0 Å². The number of hydrogen-bond acceptors (Lipinski definition) is 4. The molecule has 0 heterocycles. The number of fused-ring (bicyclic) bond motifs is 1. The second-order valence-corrected chi connectivity index (χ2v) is 5.88. The van der Waals surface area contributed by atoms with E-state index in [1.807, 2.05) is 0 Å². The number of aliphatic carboxylic acids is 1. The minimum atomic E-state index is -1.10. The Morgan fingerprint density at radius 2 is 1.86 bits per heavy atom. The zero-order chi connectivity index (χ0) is 15.4. The monoisotopic (exact) mass is 297 g/mol. The number of ether oxygens (including phenoxy) is 1. The molecule has 0 aromatic heterocycles. The van der Waals surface area contributed by atoms with E-state index < -0.39 is 18.0 Å². The molecule has 6 heteroatoms. The van der Waals surface area contributed by atoms with Crippen LogP contribution in [0.2, 0.25) is 0 Å². The van der Waals surface area contributed by atoms with E-state index >= 15 is 0 Å². The number of carboxylic acid groups (broad SMARTS) is 1. The zero-order valence-electron chi connectivity index (χ0n) is 12.3. The van der Waals surface area contributed by atoms with Gasteiger partial charge in [-0.3, -0.25) is 9.59 Å². The molecule has 0 saturated heterocycles. The van der Waals surface area contributed by atoms with E-state index in [1.165, 1.54) is 0 Å². The second kappa shape index (κ2) is 6.91. The standard InChI is InChI=1S/C15H23NO5/c1-2-21-12(17)8-7-11(15(19)20)16-14(18)13-9-5-3-4-6-10(9)13/h9-11,13H,2-8H2,1H3,(H,16,18)(H,19,20)/t9?,10?,11-,13?/m0/s1. The molecule has 6 nitrogen and oxygen atoms in total. The molecule has 2 rings (SSSR count). The molecule has 0 radical (unpaired) electrons. The summed E-state index contributed by atoms with van der Waals surface area (Å²) in [5.41, 5.74) is 0. The molecule has 3 atom stereocenters. The Morgan fingerprint density at radius 3 is 2.38 bits per heavy atom. The Balaban J connectivity index is 1.81. The first kappa shape index (κ1) is 15.8. The van der Waals surface area contributed by atoms with Crippen LogP contribution in [0.3, 0.4) is 0 Å². The molecule has 2 fully saturated rings. The lowest BCUT2D eigenvalue weighted by Gasteiger charge is -2.14. The summed E-state index contributed by atoms with van der Waals surface area (Å²) < 4.78 is 4.77. The Hall–Kier alpha value is -1.59. The molecule has 21 heavy (non-hydrogen) atoms. The molecular weight excluding hydrogens is 274 g/mol. The lowest BCUT2D eigenvalue weighted by molar-refractivity contribution is -0.145. The Morgan fingerprint density at radius 1 is 1.24 bits per heavy atom. The van der Waals surface area contributed by atoms with E-state index in [2.05, 4.69) is 5.32 Å². The van der Waals surface area contributed by atoms with Crippen LogP contribution in [0.5, 0.6) is 0 Å². The van der Waals surface area contributed by atoms with Crippen LogP contribution in [0.15, 0.2) is 0 Å². The van der Waals surface area contributed by atoms with Gasteiger partial charge in [-0.25, -0.2) is 4.79 Å². The summed E-state index contributed by atoms with van der Waals surface area (Å²) in [6.07, 6.45) is 4.55. The highest BCUT2D eigenvalue weighted by Crippen LogP contribution is 2.55. The fourth-order valence-corrected chi connectivity index (χ4v) is 3.40. The number of rotatable bonds is 7. The lowest BCUT2D eigenvalue weighted by atomic mass is 10.0. The Labute approximate surface area is 124 Å². The quantitative estimate of drug-likeness (QED) is 0.692. The van der Waals surface area contributed by atoms with E-state index in [0.29, 0.717) is 11.8 Å². The Kier molecular flexibility index (Phi) is 5.20. The average Bonchev–Trinajstić information content (AvgIpc) is 3.17. The summed E-state index contributed by atoms with van der Waals surface area (Å²) in [6.45, 7) is 1.97. The van der Waals surface area contributed by atoms with Gasteiger partial charge in [-0.15, -0.1) is 0 Å². The van der Waals surface area contributed by atoms with Gasteiger partial charge in [-0.2, -0.15) is 0 Å². The van der Waals surface area contributed by atoms with Crippen molar-refractivity contribution < 1.29 is 24.2 Å². The summed E-state index contributed by atoms with van der Waals surface area (Å²) >= 11 is 0. The topological polar surface area (TPSA) is 92.7 Å². The molecule has 0 aromatic rings. The van der Waals surface area contributed by atoms with Gasteiger partial charge in [-0.1, -0.05) is 12.8 Å². The van der Waals surface area contributed by atoms with Gasteiger partial charge < -0.3 is 15.2 Å². The van der Waals surface area contributed by atoms with Crippen molar-refractivity contribution >= 4 is 17.8 Å². The van der Waals surface area contributed by atoms with Crippen LogP contribution < -0.4 is 5.32 Å². The number of esters is 1. The lowest BCUT2D eigenvalue weighted by Crippen LogP contribution is -2.42. The van der Waals surface area contributed by atoms with E-state index in [4.69, 9.17) is 9.84 Å². The van der Waals surface area contributed by atoms with Crippen LogP contribution >= 0.6 is 0 Å². The molecule has 2 N–H and O–H groups in total. The molecule has 0 bridgehead atoms. The molecular formula is C15H23NO5. The van der Waals surface area contributed by atoms with Crippen LogP contribution in [0.1, 0.15) is 45.4 Å². The van der Waals surface area contributed by atoms with E-state index in [0.717, 1.165) is 25.7 Å². The van der Waals surface area contributed by atoms with Gasteiger partial charge in [0.1, 0.15) is 6.04 Å². The van der Waals surface area contributed by atoms with Crippen LogP contribution in [0.4, 0.5) is 0 Å². The van der Waals surface area contributed by atoms with Crippen LogP contribution in [-0.4, -0.2) is 35.6 Å². The fourth-order valence-electron chi connectivity index (χ4n) is 3.40. The molecule has 2 saturated carbocycles. The van der Waals surface area contributed by atoms with Crippen molar-refractivity contribution in [2.24, 2.45) is 17.8 Å². The van der Waals surface area contributed by atoms with Gasteiger partial charge in [0.05, 0.1) is 6.61 Å². The third-order valence-corrected chi connectivity index (χ3v) is 4.52. The van der Waals surface area contributed by atoms with Gasteiger partial charge in [0, 0.05) is 12.3 Å². The smallest absolute Gasteiger partial charge is 0.326 e. The van der Waals surface area contributed by atoms with Crippen molar-refractivity contribution in [3.05, 3.63) is 0 Å². The number of carbonyl (C=O) groups excluding carboxylic acids is 2. The van der Waals surface area contributed by atoms with Crippen molar-refractivity contribution in [3.8, 4) is 0 Å². The molecule has 2 aliphatic carbocycles. The second-order valence-electron chi connectivity index (χ2n) is 5.88. The predicted octanol–water partition coefficient (Wildman–Crippen LogP) is 1.34. The first-order valence-corrected chi connectivity index (χ1v) is 7.73. The summed E-state index contributed by atoms with van der Waals surface area (Å²) in [5, 5.41) is 11.7. The molecule has 0 aliphatic heterocycles. The summed E-state index contributed by atoms with van der Waals surface area (Å²) in [6, 6.07) is -1.01. The minimum absolute atomic E-state index is 0.00259. The SMILES string of the molecule is CCOC(=O)CC[C@H](NC(=O)C1C2CCCCC21)C(=O)O. The summed E-state index contributed by atoms with van der Waals surface area (Å²) in [7, 11) is 0. The number of nitrogens with one attached hydrogen (secondary N) is 1. The molecule has 0 aromatic carbocycles. The number of carbonyl (C=O) groups is 3. The largest absolute Gasteiger partial charge is 0.480 e. The highest BCUT2D eigenvalue weighted by atomic mass is 16.5. The van der Waals surface area contributed by atoms with Crippen LogP contribution in [-0.2, 0) is 19.1 Å². The molecule has 118 valence electrons. The maximum Gasteiger partial charge on any atom is 0.326 e. The van der Waals surface area contributed by atoms with Crippen molar-refractivity contribution in [1.29, 1.82) is 0 Å². The maximum atomic E-state index is 12.2. The fraction of sp³-hybridized carbons (Fsp3) is 0.800. The summed E-state index contributed by atoms with van der Waals surface area (Å²) in [5.74, 6) is -0.828. The Bertz CT molecular complexity index is 410. The highest BCUT2D eigenvalue weighted by molar-refractivity contribution is 5.87. The van der Waals surface area contributed by atoms with E-state index in [1.54, 1.807) is 6.92 Å². The maximum absolute atomic E-state index is 12.2. The average molecular weight is 297 g/mol. The van der Waals surface area contributed by atoms with Crippen molar-refractivity contribution in [2.45, 2.75) is 51.5 Å². The highest BCUT2D eigenvalue weighted by Gasteiger charge is 2.55. The first-order chi connectivity index (χ1) is 10.0. The van der Waals surface area contributed by atoms with E-state index in [9.17, 15) is 14.4 Å². The normalized spacial score (nSPS) is 28.1.